The molecule has 0 bridgehead atoms. The number of carbonyl (C=O) groups is 2. The molecule has 0 aliphatic heterocycles. The highest BCUT2D eigenvalue weighted by Gasteiger charge is 2.41. The first kappa shape index (κ1) is 15.1. The molecule has 3 rings (SSSR count). The Morgan fingerprint density at radius 2 is 1.33 bits per heavy atom. The zero-order valence-electron chi connectivity index (χ0n) is 11.5. The van der Waals surface area contributed by atoms with Gasteiger partial charge in [0.2, 0.25) is 5.78 Å². The van der Waals surface area contributed by atoms with Gasteiger partial charge in [-0.25, -0.2) is 0 Å². The fourth-order valence-corrected chi connectivity index (χ4v) is 2.56. The number of benzene rings is 2. The highest BCUT2D eigenvalue weighted by Crippen LogP contribution is 2.41. The Labute approximate surface area is 131 Å². The summed E-state index contributed by atoms with van der Waals surface area (Å²) >= 11 is 0. The summed E-state index contributed by atoms with van der Waals surface area (Å²) < 4.78 is 0. The zero-order chi connectivity index (χ0) is 17.8. The Kier molecular flexibility index (Phi) is 3.04. The predicted octanol–water partition coefficient (Wildman–Crippen LogP) is 1.69. The van der Waals surface area contributed by atoms with E-state index in [1.165, 1.54) is 0 Å². The maximum absolute atomic E-state index is 12.5. The van der Waals surface area contributed by atoms with Gasteiger partial charge in [-0.3, -0.25) is 29.8 Å². The fraction of sp³-hybridized carbons (Fsp3) is 0. The fourth-order valence-electron chi connectivity index (χ4n) is 2.56. The minimum absolute atomic E-state index is 0.258. The molecule has 10 nitrogen and oxygen atoms in total. The van der Waals surface area contributed by atoms with Crippen LogP contribution in [0.3, 0.4) is 0 Å². The van der Waals surface area contributed by atoms with Gasteiger partial charge < -0.3 is 10.2 Å². The SMILES string of the molecule is O=C1c2cc(O)c(O)cc2C(=O)c2c1ccc([N+](=O)[O-])c2[N+](=O)[O-]. The van der Waals surface area contributed by atoms with Crippen molar-refractivity contribution in [3.8, 4) is 11.5 Å². The molecule has 0 spiro atoms. The van der Waals surface area contributed by atoms with E-state index in [0.29, 0.717) is 0 Å². The summed E-state index contributed by atoms with van der Waals surface area (Å²) in [6.07, 6.45) is 0. The molecular weight excluding hydrogens is 324 g/mol. The van der Waals surface area contributed by atoms with Crippen LogP contribution >= 0.6 is 0 Å². The number of carbonyl (C=O) groups excluding carboxylic acids is 2. The molecule has 0 aromatic heterocycles. The number of nitro groups is 2. The highest BCUT2D eigenvalue weighted by molar-refractivity contribution is 6.30. The number of rotatable bonds is 2. The lowest BCUT2D eigenvalue weighted by atomic mass is 9.82. The van der Waals surface area contributed by atoms with Crippen LogP contribution in [0.1, 0.15) is 31.8 Å². The van der Waals surface area contributed by atoms with E-state index in [0.717, 1.165) is 24.3 Å². The number of nitrogens with zero attached hydrogens (tertiary/aromatic N) is 2. The number of nitro benzene ring substituents is 2. The van der Waals surface area contributed by atoms with Gasteiger partial charge in [0.15, 0.2) is 17.3 Å². The molecule has 2 aromatic carbocycles. The molecule has 120 valence electrons. The second kappa shape index (κ2) is 4.84. The van der Waals surface area contributed by atoms with Crippen molar-refractivity contribution in [2.45, 2.75) is 0 Å². The molecule has 0 saturated heterocycles. The smallest absolute Gasteiger partial charge is 0.357 e. The van der Waals surface area contributed by atoms with Crippen molar-refractivity contribution in [2.75, 3.05) is 0 Å². The molecule has 0 radical (unpaired) electrons. The molecule has 0 heterocycles. The molecule has 1 aliphatic carbocycles. The number of hydrogen-bond donors (Lipinski definition) is 2. The zero-order valence-corrected chi connectivity index (χ0v) is 11.5. The topological polar surface area (TPSA) is 161 Å². The summed E-state index contributed by atoms with van der Waals surface area (Å²) in [5.41, 5.74) is -3.75. The van der Waals surface area contributed by atoms with Crippen molar-refractivity contribution in [1.82, 2.24) is 0 Å². The van der Waals surface area contributed by atoms with Gasteiger partial charge >= 0.3 is 11.4 Å². The van der Waals surface area contributed by atoms with E-state index in [4.69, 9.17) is 0 Å². The highest BCUT2D eigenvalue weighted by atomic mass is 16.6. The first-order chi connectivity index (χ1) is 11.2. The molecule has 0 fully saturated rings. The summed E-state index contributed by atoms with van der Waals surface area (Å²) in [5.74, 6) is -3.20. The number of fused-ring (bicyclic) bond motifs is 2. The molecule has 2 aromatic rings. The molecule has 1 aliphatic rings. The molecule has 2 N–H and O–H groups in total. The van der Waals surface area contributed by atoms with Crippen LogP contribution in [-0.2, 0) is 0 Å². The Morgan fingerprint density at radius 1 is 0.792 bits per heavy atom. The van der Waals surface area contributed by atoms with Crippen LogP contribution in [0, 0.1) is 20.2 Å². The number of phenols is 2. The summed E-state index contributed by atoms with van der Waals surface area (Å²) in [7, 11) is 0. The van der Waals surface area contributed by atoms with Crippen LogP contribution in [-0.4, -0.2) is 31.6 Å². The third-order valence-corrected chi connectivity index (χ3v) is 3.61. The summed E-state index contributed by atoms with van der Waals surface area (Å²) in [6.45, 7) is 0. The van der Waals surface area contributed by atoms with Crippen LogP contribution in [0.25, 0.3) is 0 Å². The lowest BCUT2D eigenvalue weighted by Gasteiger charge is -2.17. The average Bonchev–Trinajstić information content (AvgIpc) is 2.52. The van der Waals surface area contributed by atoms with Gasteiger partial charge in [0.05, 0.1) is 9.85 Å². The Hall–Kier alpha value is -3.82. The molecular formula is C14H6N2O8. The standard InChI is InChI=1S/C14H6N2O8/c17-9-3-6-7(4-10(9)18)14(20)11-5(13(6)19)1-2-8(15(21)22)12(11)16(23)24/h1-4,17-18H. The van der Waals surface area contributed by atoms with E-state index in [9.17, 15) is 40.0 Å². The summed E-state index contributed by atoms with van der Waals surface area (Å²) in [4.78, 5) is 45.1. The largest absolute Gasteiger partial charge is 0.504 e. The number of aromatic hydroxyl groups is 2. The molecule has 0 saturated carbocycles. The van der Waals surface area contributed by atoms with E-state index in [1.54, 1.807) is 0 Å². The first-order valence-electron chi connectivity index (χ1n) is 6.35. The van der Waals surface area contributed by atoms with Crippen molar-refractivity contribution < 1.29 is 29.6 Å². The normalized spacial score (nSPS) is 12.5. The minimum Gasteiger partial charge on any atom is -0.504 e. The second-order valence-corrected chi connectivity index (χ2v) is 4.91. The lowest BCUT2D eigenvalue weighted by Crippen LogP contribution is -2.22. The van der Waals surface area contributed by atoms with Crippen molar-refractivity contribution >= 4 is 22.9 Å². The van der Waals surface area contributed by atoms with Crippen molar-refractivity contribution in [1.29, 1.82) is 0 Å². The monoisotopic (exact) mass is 330 g/mol. The van der Waals surface area contributed by atoms with Crippen LogP contribution in [0.15, 0.2) is 24.3 Å². The predicted molar refractivity (Wildman–Crippen MR) is 76.4 cm³/mol. The second-order valence-electron chi connectivity index (χ2n) is 4.91. The van der Waals surface area contributed by atoms with Crippen LogP contribution in [0.2, 0.25) is 0 Å². The third kappa shape index (κ3) is 1.90. The van der Waals surface area contributed by atoms with E-state index in [2.05, 4.69) is 0 Å². The van der Waals surface area contributed by atoms with Gasteiger partial charge in [-0.05, 0) is 18.2 Å². The molecule has 24 heavy (non-hydrogen) atoms. The lowest BCUT2D eigenvalue weighted by molar-refractivity contribution is -0.422. The van der Waals surface area contributed by atoms with Gasteiger partial charge in [-0.2, -0.15) is 0 Å². The Morgan fingerprint density at radius 3 is 1.83 bits per heavy atom. The molecule has 10 heteroatoms. The van der Waals surface area contributed by atoms with Gasteiger partial charge in [0, 0.05) is 22.8 Å². The molecule has 0 unspecified atom stereocenters. The van der Waals surface area contributed by atoms with E-state index in [-0.39, 0.29) is 16.7 Å². The van der Waals surface area contributed by atoms with Gasteiger partial charge in [0.25, 0.3) is 0 Å². The molecule has 0 amide bonds. The quantitative estimate of drug-likeness (QED) is 0.407. The average molecular weight is 330 g/mol. The van der Waals surface area contributed by atoms with Gasteiger partial charge in [-0.1, -0.05) is 0 Å². The van der Waals surface area contributed by atoms with Gasteiger partial charge in [-0.15, -0.1) is 0 Å². The summed E-state index contributed by atoms with van der Waals surface area (Å²) in [6, 6.07) is 3.37. The van der Waals surface area contributed by atoms with Crippen molar-refractivity contribution in [2.24, 2.45) is 0 Å². The van der Waals surface area contributed by atoms with E-state index < -0.39 is 49.9 Å². The maximum atomic E-state index is 12.5. The van der Waals surface area contributed by atoms with Crippen LogP contribution in [0.5, 0.6) is 11.5 Å². The number of ketones is 2. The molecule has 0 atom stereocenters. The number of phenolic OH excluding ortho intramolecular Hbond substituents is 2. The Balaban J connectivity index is 2.40. The first-order valence-corrected chi connectivity index (χ1v) is 6.35. The Bertz CT molecular complexity index is 979. The summed E-state index contributed by atoms with van der Waals surface area (Å²) in [5, 5.41) is 41.2. The van der Waals surface area contributed by atoms with Crippen LogP contribution in [0.4, 0.5) is 11.4 Å². The third-order valence-electron chi connectivity index (χ3n) is 3.61. The van der Waals surface area contributed by atoms with Crippen LogP contribution < -0.4 is 0 Å². The number of hydrogen-bond acceptors (Lipinski definition) is 8. The van der Waals surface area contributed by atoms with Gasteiger partial charge in [0.1, 0.15) is 5.56 Å². The minimum atomic E-state index is -1.10. The van der Waals surface area contributed by atoms with E-state index in [1.807, 2.05) is 0 Å². The maximum Gasteiger partial charge on any atom is 0.357 e. The van der Waals surface area contributed by atoms with E-state index >= 15 is 0 Å². The van der Waals surface area contributed by atoms with Crippen molar-refractivity contribution in [3.63, 3.8) is 0 Å². The van der Waals surface area contributed by atoms with Crippen molar-refractivity contribution in [3.05, 3.63) is 66.7 Å².